The second-order valence-corrected chi connectivity index (χ2v) is 7.83. The predicted molar refractivity (Wildman–Crippen MR) is 119 cm³/mol. The van der Waals surface area contributed by atoms with E-state index in [0.717, 1.165) is 35.4 Å². The molecule has 1 aromatic heterocycles. The van der Waals surface area contributed by atoms with Crippen molar-refractivity contribution >= 4 is 16.9 Å². The molecule has 4 heteroatoms. The zero-order chi connectivity index (χ0) is 20.2. The third kappa shape index (κ3) is 4.26. The molecule has 1 aliphatic rings. The van der Waals surface area contributed by atoms with Crippen LogP contribution < -0.4 is 5.32 Å². The van der Waals surface area contributed by atoms with Gasteiger partial charge in [0.25, 0.3) is 5.91 Å². The van der Waals surface area contributed by atoms with Gasteiger partial charge in [-0.25, -0.2) is 4.98 Å². The highest BCUT2D eigenvalue weighted by molar-refractivity contribution is 5.97. The van der Waals surface area contributed by atoms with Crippen LogP contribution in [0.1, 0.15) is 60.8 Å². The van der Waals surface area contributed by atoms with Crippen LogP contribution in [0.15, 0.2) is 54.1 Å². The summed E-state index contributed by atoms with van der Waals surface area (Å²) >= 11 is 0. The van der Waals surface area contributed by atoms with Crippen molar-refractivity contribution in [3.8, 4) is 5.69 Å². The number of imidazole rings is 1. The fourth-order valence-corrected chi connectivity index (χ4v) is 4.12. The number of carbonyl (C=O) groups excluding carboxylic acids is 1. The lowest BCUT2D eigenvalue weighted by molar-refractivity contribution is 0.0954. The first-order valence-electron chi connectivity index (χ1n) is 10.7. The van der Waals surface area contributed by atoms with Crippen LogP contribution in [0.5, 0.6) is 0 Å². The average Bonchev–Trinajstić information content (AvgIpc) is 3.09. The summed E-state index contributed by atoms with van der Waals surface area (Å²) in [5.41, 5.74) is 6.44. The minimum absolute atomic E-state index is 0.0252. The van der Waals surface area contributed by atoms with E-state index in [4.69, 9.17) is 4.98 Å². The Morgan fingerprint density at radius 3 is 2.69 bits per heavy atom. The Morgan fingerprint density at radius 2 is 1.97 bits per heavy atom. The number of amides is 1. The summed E-state index contributed by atoms with van der Waals surface area (Å²) in [7, 11) is 0. The number of carbonyl (C=O) groups is 1. The molecule has 0 aliphatic heterocycles. The lowest BCUT2D eigenvalue weighted by Crippen LogP contribution is -2.24. The summed E-state index contributed by atoms with van der Waals surface area (Å²) in [5, 5.41) is 3.06. The number of fused-ring (bicyclic) bond motifs is 1. The van der Waals surface area contributed by atoms with E-state index in [1.165, 1.54) is 36.8 Å². The average molecular weight is 388 g/mol. The summed E-state index contributed by atoms with van der Waals surface area (Å²) in [6, 6.07) is 14.4. The number of hydrogen-bond acceptors (Lipinski definition) is 2. The van der Waals surface area contributed by atoms with Gasteiger partial charge >= 0.3 is 0 Å². The largest absolute Gasteiger partial charge is 0.352 e. The van der Waals surface area contributed by atoms with Crippen LogP contribution in [0, 0.1) is 6.92 Å². The molecule has 0 bridgehead atoms. The SMILES string of the molecule is CCc1ccc(-n2c(C)nc3cc(C(=O)NCCC4=CCCCC4)ccc32)cc1. The van der Waals surface area contributed by atoms with E-state index >= 15 is 0 Å². The first kappa shape index (κ1) is 19.4. The van der Waals surface area contributed by atoms with Crippen molar-refractivity contribution in [2.24, 2.45) is 0 Å². The number of aryl methyl sites for hydroxylation is 2. The zero-order valence-corrected chi connectivity index (χ0v) is 17.4. The van der Waals surface area contributed by atoms with E-state index in [2.05, 4.69) is 47.1 Å². The third-order valence-corrected chi connectivity index (χ3v) is 5.80. The fourth-order valence-electron chi connectivity index (χ4n) is 4.12. The highest BCUT2D eigenvalue weighted by atomic mass is 16.1. The van der Waals surface area contributed by atoms with Crippen LogP contribution in [0.2, 0.25) is 0 Å². The normalized spacial score (nSPS) is 14.1. The Balaban J connectivity index is 1.50. The van der Waals surface area contributed by atoms with Crippen molar-refractivity contribution in [1.29, 1.82) is 0 Å². The molecular weight excluding hydrogens is 358 g/mol. The Bertz CT molecular complexity index is 1040. The van der Waals surface area contributed by atoms with Crippen molar-refractivity contribution in [3.63, 3.8) is 0 Å². The molecule has 0 saturated heterocycles. The van der Waals surface area contributed by atoms with E-state index in [-0.39, 0.29) is 5.91 Å². The highest BCUT2D eigenvalue weighted by Crippen LogP contribution is 2.23. The monoisotopic (exact) mass is 387 g/mol. The van der Waals surface area contributed by atoms with Gasteiger partial charge in [0, 0.05) is 17.8 Å². The first-order chi connectivity index (χ1) is 14.2. The summed E-state index contributed by atoms with van der Waals surface area (Å²) in [4.78, 5) is 17.3. The Morgan fingerprint density at radius 1 is 1.14 bits per heavy atom. The van der Waals surface area contributed by atoms with Gasteiger partial charge in [-0.05, 0) is 81.3 Å². The molecule has 0 saturated carbocycles. The van der Waals surface area contributed by atoms with Crippen molar-refractivity contribution < 1.29 is 4.79 Å². The summed E-state index contributed by atoms with van der Waals surface area (Å²) < 4.78 is 2.14. The van der Waals surface area contributed by atoms with Crippen LogP contribution in [0.3, 0.4) is 0 Å². The lowest BCUT2D eigenvalue weighted by atomic mass is 9.97. The fraction of sp³-hybridized carbons (Fsp3) is 0.360. The Labute approximate surface area is 172 Å². The smallest absolute Gasteiger partial charge is 0.251 e. The molecule has 0 fully saturated rings. The summed E-state index contributed by atoms with van der Waals surface area (Å²) in [6.45, 7) is 4.86. The topological polar surface area (TPSA) is 46.9 Å². The highest BCUT2D eigenvalue weighted by Gasteiger charge is 2.13. The van der Waals surface area contributed by atoms with E-state index in [0.29, 0.717) is 12.1 Å². The van der Waals surface area contributed by atoms with Gasteiger partial charge in [-0.2, -0.15) is 0 Å². The van der Waals surface area contributed by atoms with Gasteiger partial charge in [0.05, 0.1) is 11.0 Å². The molecular formula is C25H29N3O. The maximum absolute atomic E-state index is 12.6. The molecule has 150 valence electrons. The Kier molecular flexibility index (Phi) is 5.79. The molecule has 1 heterocycles. The van der Waals surface area contributed by atoms with Crippen LogP contribution in [-0.4, -0.2) is 22.0 Å². The number of aromatic nitrogens is 2. The minimum atomic E-state index is -0.0252. The van der Waals surface area contributed by atoms with E-state index in [9.17, 15) is 4.79 Å². The second kappa shape index (κ2) is 8.64. The number of rotatable bonds is 6. The van der Waals surface area contributed by atoms with Gasteiger partial charge in [0.1, 0.15) is 5.82 Å². The first-order valence-corrected chi connectivity index (χ1v) is 10.7. The van der Waals surface area contributed by atoms with Crippen molar-refractivity contribution in [2.45, 2.75) is 52.4 Å². The van der Waals surface area contributed by atoms with Gasteiger partial charge in [-0.3, -0.25) is 9.36 Å². The Hall–Kier alpha value is -2.88. The second-order valence-electron chi connectivity index (χ2n) is 7.83. The van der Waals surface area contributed by atoms with Crippen molar-refractivity contribution in [3.05, 3.63) is 71.1 Å². The van der Waals surface area contributed by atoms with Gasteiger partial charge < -0.3 is 5.32 Å². The number of nitrogens with one attached hydrogen (secondary N) is 1. The van der Waals surface area contributed by atoms with Crippen LogP contribution in [-0.2, 0) is 6.42 Å². The third-order valence-electron chi connectivity index (χ3n) is 5.80. The maximum Gasteiger partial charge on any atom is 0.251 e. The molecule has 3 aromatic rings. The molecule has 4 rings (SSSR count). The van der Waals surface area contributed by atoms with Crippen molar-refractivity contribution in [2.75, 3.05) is 6.54 Å². The standard InChI is InChI=1S/C25H29N3O/c1-3-19-9-12-22(13-10-19)28-18(2)27-23-17-21(11-14-24(23)28)25(29)26-16-15-20-7-5-4-6-8-20/h7,9-14,17H,3-6,8,15-16H2,1-2H3,(H,26,29). The summed E-state index contributed by atoms with van der Waals surface area (Å²) in [5.74, 6) is 0.897. The molecule has 0 atom stereocenters. The van der Waals surface area contributed by atoms with Crippen molar-refractivity contribution in [1.82, 2.24) is 14.9 Å². The van der Waals surface area contributed by atoms with Gasteiger partial charge in [0.15, 0.2) is 0 Å². The number of benzene rings is 2. The molecule has 1 amide bonds. The van der Waals surface area contributed by atoms with E-state index in [1.807, 2.05) is 25.1 Å². The van der Waals surface area contributed by atoms with E-state index < -0.39 is 0 Å². The minimum Gasteiger partial charge on any atom is -0.352 e. The predicted octanol–water partition coefficient (Wildman–Crippen LogP) is 5.52. The molecule has 0 spiro atoms. The van der Waals surface area contributed by atoms with E-state index in [1.54, 1.807) is 0 Å². The molecule has 1 aliphatic carbocycles. The number of nitrogens with zero attached hydrogens (tertiary/aromatic N) is 2. The molecule has 4 nitrogen and oxygen atoms in total. The van der Waals surface area contributed by atoms with Gasteiger partial charge in [-0.1, -0.05) is 30.7 Å². The number of hydrogen-bond donors (Lipinski definition) is 1. The van der Waals surface area contributed by atoms with Crippen LogP contribution >= 0.6 is 0 Å². The van der Waals surface area contributed by atoms with Crippen LogP contribution in [0.25, 0.3) is 16.7 Å². The molecule has 0 radical (unpaired) electrons. The molecule has 2 aromatic carbocycles. The van der Waals surface area contributed by atoms with Gasteiger partial charge in [-0.15, -0.1) is 0 Å². The lowest BCUT2D eigenvalue weighted by Gasteiger charge is -2.13. The molecule has 0 unspecified atom stereocenters. The van der Waals surface area contributed by atoms with Gasteiger partial charge in [0.2, 0.25) is 0 Å². The number of allylic oxidation sites excluding steroid dienone is 1. The molecule has 29 heavy (non-hydrogen) atoms. The van der Waals surface area contributed by atoms with Crippen LogP contribution in [0.4, 0.5) is 0 Å². The summed E-state index contributed by atoms with van der Waals surface area (Å²) in [6.07, 6.45) is 9.25. The zero-order valence-electron chi connectivity index (χ0n) is 17.4. The maximum atomic E-state index is 12.6. The quantitative estimate of drug-likeness (QED) is 0.566. The molecule has 1 N–H and O–H groups in total.